The molecule has 0 radical (unpaired) electrons. The van der Waals surface area contributed by atoms with Gasteiger partial charge in [0.25, 0.3) is 5.91 Å². The summed E-state index contributed by atoms with van der Waals surface area (Å²) in [5.41, 5.74) is 3.88. The molecule has 148 valence electrons. The van der Waals surface area contributed by atoms with Gasteiger partial charge in [-0.25, -0.2) is 0 Å². The number of rotatable bonds is 7. The molecule has 7 nitrogen and oxygen atoms in total. The summed E-state index contributed by atoms with van der Waals surface area (Å²) in [4.78, 5) is 18.7. The standard InChI is InChI=1S/C21H26N4O3/c26-19(12-25-8-6-15-3-1-2-4-16(15)11-25)10-23-21(27)20-9-17(5-7-22-20)24-18-13-28-14-18/h1-5,7,9,18-19,26H,6,8,10-14H2,(H,22,24)(H,23,27). The van der Waals surface area contributed by atoms with Gasteiger partial charge >= 0.3 is 0 Å². The number of β-amino-alcohol motifs (C(OH)–C–C–N with tert-alkyl or cyclic N) is 1. The van der Waals surface area contributed by atoms with Gasteiger partial charge in [0.05, 0.1) is 25.4 Å². The summed E-state index contributed by atoms with van der Waals surface area (Å²) in [7, 11) is 0. The smallest absolute Gasteiger partial charge is 0.270 e. The van der Waals surface area contributed by atoms with Gasteiger partial charge in [-0.2, -0.15) is 0 Å². The zero-order valence-corrected chi connectivity index (χ0v) is 15.8. The van der Waals surface area contributed by atoms with Gasteiger partial charge in [0, 0.05) is 38.1 Å². The van der Waals surface area contributed by atoms with Crippen molar-refractivity contribution in [3.63, 3.8) is 0 Å². The highest BCUT2D eigenvalue weighted by atomic mass is 16.5. The summed E-state index contributed by atoms with van der Waals surface area (Å²) >= 11 is 0. The first-order valence-electron chi connectivity index (χ1n) is 9.73. The highest BCUT2D eigenvalue weighted by Gasteiger charge is 2.20. The molecular formula is C21H26N4O3. The maximum absolute atomic E-state index is 12.4. The Morgan fingerprint density at radius 1 is 1.29 bits per heavy atom. The van der Waals surface area contributed by atoms with Gasteiger partial charge in [-0.05, 0) is 29.7 Å². The molecule has 7 heteroatoms. The van der Waals surface area contributed by atoms with E-state index < -0.39 is 6.10 Å². The zero-order valence-electron chi connectivity index (χ0n) is 15.8. The van der Waals surface area contributed by atoms with Crippen LogP contribution in [0.1, 0.15) is 21.6 Å². The molecule has 2 aliphatic rings. The van der Waals surface area contributed by atoms with E-state index in [0.717, 1.165) is 25.2 Å². The largest absolute Gasteiger partial charge is 0.390 e. The number of amides is 1. The third kappa shape index (κ3) is 4.67. The molecule has 2 aliphatic heterocycles. The second-order valence-corrected chi connectivity index (χ2v) is 7.43. The zero-order chi connectivity index (χ0) is 19.3. The first-order chi connectivity index (χ1) is 13.7. The third-order valence-electron chi connectivity index (χ3n) is 5.18. The predicted octanol–water partition coefficient (Wildman–Crippen LogP) is 1.04. The lowest BCUT2D eigenvalue weighted by molar-refractivity contribution is 0.0211. The Morgan fingerprint density at radius 3 is 2.89 bits per heavy atom. The minimum Gasteiger partial charge on any atom is -0.390 e. The van der Waals surface area contributed by atoms with Crippen molar-refractivity contribution in [3.05, 3.63) is 59.4 Å². The van der Waals surface area contributed by atoms with Gasteiger partial charge in [-0.3, -0.25) is 14.7 Å². The molecule has 1 aromatic carbocycles. The molecule has 0 aliphatic carbocycles. The lowest BCUT2D eigenvalue weighted by atomic mass is 10.00. The number of nitrogens with one attached hydrogen (secondary N) is 2. The Labute approximate surface area is 164 Å². The maximum Gasteiger partial charge on any atom is 0.270 e. The number of ether oxygens (including phenoxy) is 1. The number of nitrogens with zero attached hydrogens (tertiary/aromatic N) is 2. The van der Waals surface area contributed by atoms with E-state index in [0.29, 0.717) is 25.5 Å². The van der Waals surface area contributed by atoms with Gasteiger partial charge in [-0.1, -0.05) is 24.3 Å². The minimum atomic E-state index is -0.623. The number of fused-ring (bicyclic) bond motifs is 1. The Balaban J connectivity index is 1.25. The van der Waals surface area contributed by atoms with Crippen LogP contribution in [0.25, 0.3) is 0 Å². The molecule has 1 aromatic heterocycles. The summed E-state index contributed by atoms with van der Waals surface area (Å²) < 4.78 is 5.14. The van der Waals surface area contributed by atoms with Crippen molar-refractivity contribution in [3.8, 4) is 0 Å². The normalized spacial score (nSPS) is 18.0. The number of hydrogen-bond donors (Lipinski definition) is 3. The number of aromatic nitrogens is 1. The minimum absolute atomic E-state index is 0.201. The van der Waals surface area contributed by atoms with Crippen molar-refractivity contribution in [2.45, 2.75) is 25.1 Å². The maximum atomic E-state index is 12.4. The van der Waals surface area contributed by atoms with Gasteiger partial charge in [0.15, 0.2) is 0 Å². The van der Waals surface area contributed by atoms with Gasteiger partial charge < -0.3 is 20.5 Å². The van der Waals surface area contributed by atoms with Crippen LogP contribution < -0.4 is 10.6 Å². The molecular weight excluding hydrogens is 356 g/mol. The SMILES string of the molecule is O=C(NCC(O)CN1CCc2ccccc2C1)c1cc(NC2COC2)ccn1. The average Bonchev–Trinajstić information content (AvgIpc) is 2.69. The molecule has 4 rings (SSSR count). The van der Waals surface area contributed by atoms with Crippen LogP contribution in [0.4, 0.5) is 5.69 Å². The Morgan fingerprint density at radius 2 is 2.11 bits per heavy atom. The summed E-state index contributed by atoms with van der Waals surface area (Å²) in [5.74, 6) is -0.281. The van der Waals surface area contributed by atoms with Crippen LogP contribution in [0.15, 0.2) is 42.6 Å². The van der Waals surface area contributed by atoms with Crippen molar-refractivity contribution in [1.82, 2.24) is 15.2 Å². The van der Waals surface area contributed by atoms with E-state index in [-0.39, 0.29) is 18.5 Å². The highest BCUT2D eigenvalue weighted by Crippen LogP contribution is 2.18. The fourth-order valence-corrected chi connectivity index (χ4v) is 3.57. The molecule has 1 atom stereocenters. The summed E-state index contributed by atoms with van der Waals surface area (Å²) in [6.07, 6.45) is 1.98. The highest BCUT2D eigenvalue weighted by molar-refractivity contribution is 5.93. The van der Waals surface area contributed by atoms with E-state index in [1.54, 1.807) is 12.3 Å². The van der Waals surface area contributed by atoms with Crippen LogP contribution in [0.5, 0.6) is 0 Å². The quantitative estimate of drug-likeness (QED) is 0.663. The van der Waals surface area contributed by atoms with Crippen molar-refractivity contribution in [2.75, 3.05) is 38.2 Å². The molecule has 1 saturated heterocycles. The molecule has 1 fully saturated rings. The Hall–Kier alpha value is -2.48. The number of aliphatic hydroxyl groups excluding tert-OH is 1. The number of carbonyl (C=O) groups is 1. The number of aliphatic hydroxyl groups is 1. The summed E-state index contributed by atoms with van der Waals surface area (Å²) in [6, 6.07) is 12.3. The Kier molecular flexibility index (Phi) is 5.85. The number of hydrogen-bond acceptors (Lipinski definition) is 6. The second-order valence-electron chi connectivity index (χ2n) is 7.43. The number of benzene rings is 1. The van der Waals surface area contributed by atoms with Crippen LogP contribution in [-0.4, -0.2) is 65.9 Å². The van der Waals surface area contributed by atoms with Crippen LogP contribution in [0.2, 0.25) is 0 Å². The summed E-state index contributed by atoms with van der Waals surface area (Å²) in [6.45, 7) is 3.84. The monoisotopic (exact) mass is 382 g/mol. The first kappa shape index (κ1) is 18.9. The van der Waals surface area contributed by atoms with Crippen LogP contribution in [-0.2, 0) is 17.7 Å². The first-order valence-corrected chi connectivity index (χ1v) is 9.73. The number of anilines is 1. The lowest BCUT2D eigenvalue weighted by Crippen LogP contribution is -2.42. The number of carbonyl (C=O) groups excluding carboxylic acids is 1. The fraction of sp³-hybridized carbons (Fsp3) is 0.429. The fourth-order valence-electron chi connectivity index (χ4n) is 3.57. The second kappa shape index (κ2) is 8.68. The van der Waals surface area contributed by atoms with Gasteiger partial charge in [0.1, 0.15) is 5.69 Å². The Bertz CT molecular complexity index is 825. The third-order valence-corrected chi connectivity index (χ3v) is 5.18. The van der Waals surface area contributed by atoms with E-state index >= 15 is 0 Å². The predicted molar refractivity (Wildman–Crippen MR) is 106 cm³/mol. The molecule has 1 unspecified atom stereocenters. The van der Waals surface area contributed by atoms with Gasteiger partial charge in [0.2, 0.25) is 0 Å². The van der Waals surface area contributed by atoms with E-state index in [4.69, 9.17) is 4.74 Å². The molecule has 3 N–H and O–H groups in total. The van der Waals surface area contributed by atoms with Crippen LogP contribution in [0.3, 0.4) is 0 Å². The van der Waals surface area contributed by atoms with Crippen molar-refractivity contribution in [2.24, 2.45) is 0 Å². The van der Waals surface area contributed by atoms with Crippen molar-refractivity contribution >= 4 is 11.6 Å². The molecule has 2 aromatic rings. The van der Waals surface area contributed by atoms with E-state index in [2.05, 4.69) is 38.7 Å². The summed E-state index contributed by atoms with van der Waals surface area (Å²) in [5, 5.41) is 16.4. The van der Waals surface area contributed by atoms with E-state index in [9.17, 15) is 9.90 Å². The number of pyridine rings is 1. The molecule has 0 saturated carbocycles. The lowest BCUT2D eigenvalue weighted by Gasteiger charge is -2.30. The molecule has 0 spiro atoms. The topological polar surface area (TPSA) is 86.7 Å². The van der Waals surface area contributed by atoms with Crippen molar-refractivity contribution in [1.29, 1.82) is 0 Å². The van der Waals surface area contributed by atoms with Crippen LogP contribution in [0, 0.1) is 0 Å². The van der Waals surface area contributed by atoms with E-state index in [1.165, 1.54) is 11.1 Å². The van der Waals surface area contributed by atoms with Crippen LogP contribution >= 0.6 is 0 Å². The van der Waals surface area contributed by atoms with E-state index in [1.807, 2.05) is 12.1 Å². The molecule has 3 heterocycles. The van der Waals surface area contributed by atoms with Crippen molar-refractivity contribution < 1.29 is 14.6 Å². The molecule has 0 bridgehead atoms. The average molecular weight is 382 g/mol. The molecule has 28 heavy (non-hydrogen) atoms. The van der Waals surface area contributed by atoms with Gasteiger partial charge in [-0.15, -0.1) is 0 Å². The molecule has 1 amide bonds.